The summed E-state index contributed by atoms with van der Waals surface area (Å²) in [5, 5.41) is 18.4. The highest BCUT2D eigenvalue weighted by Crippen LogP contribution is 2.39. The van der Waals surface area contributed by atoms with Gasteiger partial charge < -0.3 is 15.2 Å². The predicted molar refractivity (Wildman–Crippen MR) is 117 cm³/mol. The van der Waals surface area contributed by atoms with Crippen molar-refractivity contribution in [3.8, 4) is 5.69 Å². The first-order valence-electron chi connectivity index (χ1n) is 10.8. The van der Waals surface area contributed by atoms with E-state index in [1.165, 1.54) is 0 Å². The molecule has 6 heteroatoms. The van der Waals surface area contributed by atoms with Gasteiger partial charge in [0.05, 0.1) is 35.5 Å². The van der Waals surface area contributed by atoms with Gasteiger partial charge in [-0.3, -0.25) is 4.79 Å². The smallest absolute Gasteiger partial charge is 0.226 e. The van der Waals surface area contributed by atoms with E-state index in [0.29, 0.717) is 19.4 Å². The van der Waals surface area contributed by atoms with Crippen molar-refractivity contribution in [3.05, 3.63) is 82.7 Å². The number of para-hydroxylation sites is 1. The Morgan fingerprint density at radius 3 is 2.68 bits per heavy atom. The molecule has 0 saturated carbocycles. The first-order chi connectivity index (χ1) is 15.0. The number of carbonyl (C=O) groups is 1. The van der Waals surface area contributed by atoms with Crippen molar-refractivity contribution in [2.24, 2.45) is 5.92 Å². The van der Waals surface area contributed by atoms with E-state index < -0.39 is 6.10 Å². The van der Waals surface area contributed by atoms with Crippen LogP contribution in [0.25, 0.3) is 5.69 Å². The van der Waals surface area contributed by atoms with Crippen LogP contribution >= 0.6 is 0 Å². The molecule has 2 aliphatic rings. The van der Waals surface area contributed by atoms with Crippen LogP contribution in [-0.4, -0.2) is 33.5 Å². The average molecular weight is 418 g/mol. The van der Waals surface area contributed by atoms with E-state index >= 15 is 0 Å². The number of fused-ring (bicyclic) bond motifs is 1. The van der Waals surface area contributed by atoms with Crippen molar-refractivity contribution < 1.29 is 14.6 Å². The number of rotatable bonds is 4. The molecule has 6 nitrogen and oxygen atoms in total. The van der Waals surface area contributed by atoms with Crippen LogP contribution in [0.3, 0.4) is 0 Å². The molecule has 1 saturated heterocycles. The minimum Gasteiger partial charge on any atom is -0.390 e. The van der Waals surface area contributed by atoms with Gasteiger partial charge in [0.25, 0.3) is 0 Å². The number of aliphatic hydroxyl groups is 1. The van der Waals surface area contributed by atoms with Crippen LogP contribution in [0.2, 0.25) is 0 Å². The summed E-state index contributed by atoms with van der Waals surface area (Å²) in [7, 11) is 0. The van der Waals surface area contributed by atoms with Gasteiger partial charge in [0.15, 0.2) is 0 Å². The van der Waals surface area contributed by atoms with Gasteiger partial charge >= 0.3 is 0 Å². The van der Waals surface area contributed by atoms with Crippen LogP contribution < -0.4 is 5.32 Å². The zero-order chi connectivity index (χ0) is 21.5. The van der Waals surface area contributed by atoms with E-state index in [2.05, 4.69) is 5.32 Å². The number of aliphatic hydroxyl groups excluding tert-OH is 1. The summed E-state index contributed by atoms with van der Waals surface area (Å²) in [5.74, 6) is -0.389. The SMILES string of the molecule is Cc1nn(-c2ccccc2)c(C)c1[C@H]1OCC[C@@H]1C(=O)N[C@H]1c2ccccc2C[C@H]1O. The van der Waals surface area contributed by atoms with Crippen molar-refractivity contribution in [3.63, 3.8) is 0 Å². The Balaban J connectivity index is 1.41. The largest absolute Gasteiger partial charge is 0.390 e. The summed E-state index contributed by atoms with van der Waals surface area (Å²) < 4.78 is 7.98. The van der Waals surface area contributed by atoms with E-state index in [1.54, 1.807) is 0 Å². The van der Waals surface area contributed by atoms with Crippen molar-refractivity contribution in [2.75, 3.05) is 6.61 Å². The van der Waals surface area contributed by atoms with Crippen LogP contribution in [0, 0.1) is 19.8 Å². The molecule has 2 N–H and O–H groups in total. The second-order valence-corrected chi connectivity index (χ2v) is 8.47. The van der Waals surface area contributed by atoms with Gasteiger partial charge in [0.2, 0.25) is 5.91 Å². The number of nitrogens with zero attached hydrogens (tertiary/aromatic N) is 2. The number of benzene rings is 2. The number of ether oxygens (including phenoxy) is 1. The van der Waals surface area contributed by atoms with Gasteiger partial charge in [-0.2, -0.15) is 5.10 Å². The predicted octanol–water partition coefficient (Wildman–Crippen LogP) is 3.34. The molecule has 160 valence electrons. The number of hydrogen-bond acceptors (Lipinski definition) is 4. The molecule has 2 aromatic carbocycles. The van der Waals surface area contributed by atoms with Gasteiger partial charge in [-0.05, 0) is 43.5 Å². The third-order valence-electron chi connectivity index (χ3n) is 6.56. The zero-order valence-corrected chi connectivity index (χ0v) is 17.8. The lowest BCUT2D eigenvalue weighted by atomic mass is 9.92. The third-order valence-corrected chi connectivity index (χ3v) is 6.56. The second kappa shape index (κ2) is 7.94. The standard InChI is InChI=1S/C25H27N3O3/c1-15-22(16(2)28(27-15)18-9-4-3-5-10-18)24-20(12-13-31-24)25(30)26-23-19-11-7-6-8-17(19)14-21(23)29/h3-11,20-21,23-24,29H,12-14H2,1-2H3,(H,26,30)/t20-,21+,23-,24-/m0/s1. The first-order valence-corrected chi connectivity index (χ1v) is 10.8. The maximum atomic E-state index is 13.3. The normalized spacial score (nSPS) is 24.9. The van der Waals surface area contributed by atoms with Crippen molar-refractivity contribution in [2.45, 2.75) is 44.9 Å². The molecule has 3 aromatic rings. The van der Waals surface area contributed by atoms with E-state index in [0.717, 1.165) is 33.8 Å². The summed E-state index contributed by atoms with van der Waals surface area (Å²) in [4.78, 5) is 13.3. The molecule has 1 aromatic heterocycles. The molecule has 31 heavy (non-hydrogen) atoms. The number of nitrogens with one attached hydrogen (secondary N) is 1. The third kappa shape index (κ3) is 3.46. The van der Waals surface area contributed by atoms with E-state index in [4.69, 9.17) is 9.84 Å². The maximum absolute atomic E-state index is 13.3. The molecular weight excluding hydrogens is 390 g/mol. The molecule has 5 rings (SSSR count). The summed E-state index contributed by atoms with van der Waals surface area (Å²) in [6.07, 6.45) is 0.266. The highest BCUT2D eigenvalue weighted by molar-refractivity contribution is 5.80. The van der Waals surface area contributed by atoms with E-state index in [9.17, 15) is 9.90 Å². The molecule has 0 spiro atoms. The van der Waals surface area contributed by atoms with E-state index in [-0.39, 0.29) is 24.0 Å². The minimum atomic E-state index is -0.605. The lowest BCUT2D eigenvalue weighted by molar-refractivity contribution is -0.128. The quantitative estimate of drug-likeness (QED) is 0.683. The Hall–Kier alpha value is -2.96. The fourth-order valence-corrected chi connectivity index (χ4v) is 5.04. The van der Waals surface area contributed by atoms with Gasteiger partial charge in [0.1, 0.15) is 0 Å². The lowest BCUT2D eigenvalue weighted by Gasteiger charge is -2.23. The minimum absolute atomic E-state index is 0.0745. The fraction of sp³-hybridized carbons (Fsp3) is 0.360. The Labute approximate surface area is 181 Å². The summed E-state index contributed by atoms with van der Waals surface area (Å²) in [5.41, 5.74) is 5.92. The molecule has 1 aliphatic heterocycles. The highest BCUT2D eigenvalue weighted by atomic mass is 16.5. The topological polar surface area (TPSA) is 76.4 Å². The van der Waals surface area contributed by atoms with Crippen LogP contribution in [0.1, 0.15) is 46.6 Å². The van der Waals surface area contributed by atoms with Gasteiger partial charge in [-0.1, -0.05) is 42.5 Å². The van der Waals surface area contributed by atoms with E-state index in [1.807, 2.05) is 73.1 Å². The molecule has 2 heterocycles. The highest BCUT2D eigenvalue weighted by Gasteiger charge is 2.41. The first kappa shape index (κ1) is 20.0. The van der Waals surface area contributed by atoms with Crippen LogP contribution in [0.15, 0.2) is 54.6 Å². The lowest BCUT2D eigenvalue weighted by Crippen LogP contribution is -2.38. The molecule has 1 amide bonds. The Kier molecular flexibility index (Phi) is 5.12. The van der Waals surface area contributed by atoms with Gasteiger partial charge in [0, 0.05) is 24.3 Å². The maximum Gasteiger partial charge on any atom is 0.226 e. The molecule has 0 unspecified atom stereocenters. The van der Waals surface area contributed by atoms with Crippen LogP contribution in [0.4, 0.5) is 0 Å². The monoisotopic (exact) mass is 417 g/mol. The number of aryl methyl sites for hydroxylation is 1. The molecular formula is C25H27N3O3. The molecule has 0 bridgehead atoms. The van der Waals surface area contributed by atoms with Gasteiger partial charge in [-0.25, -0.2) is 4.68 Å². The fourth-order valence-electron chi connectivity index (χ4n) is 5.04. The number of aromatic nitrogens is 2. The Morgan fingerprint density at radius 1 is 1.13 bits per heavy atom. The summed E-state index contributed by atoms with van der Waals surface area (Å²) in [6, 6.07) is 17.5. The van der Waals surface area contributed by atoms with Crippen molar-refractivity contribution in [1.82, 2.24) is 15.1 Å². The number of hydrogen-bond donors (Lipinski definition) is 2. The Bertz CT molecular complexity index is 1110. The molecule has 1 aliphatic carbocycles. The molecule has 0 radical (unpaired) electrons. The Morgan fingerprint density at radius 2 is 1.87 bits per heavy atom. The average Bonchev–Trinajstić information content (AvgIpc) is 3.45. The molecule has 4 atom stereocenters. The van der Waals surface area contributed by atoms with Crippen LogP contribution in [-0.2, 0) is 16.0 Å². The van der Waals surface area contributed by atoms with Gasteiger partial charge in [-0.15, -0.1) is 0 Å². The summed E-state index contributed by atoms with van der Waals surface area (Å²) in [6.45, 7) is 4.52. The number of carbonyl (C=O) groups excluding carboxylic acids is 1. The number of amides is 1. The van der Waals surface area contributed by atoms with Crippen molar-refractivity contribution >= 4 is 5.91 Å². The second-order valence-electron chi connectivity index (χ2n) is 8.47. The molecule has 1 fully saturated rings. The summed E-state index contributed by atoms with van der Waals surface area (Å²) >= 11 is 0. The van der Waals surface area contributed by atoms with Crippen molar-refractivity contribution in [1.29, 1.82) is 0 Å². The zero-order valence-electron chi connectivity index (χ0n) is 17.8. The van der Waals surface area contributed by atoms with Crippen LogP contribution in [0.5, 0.6) is 0 Å².